The van der Waals surface area contributed by atoms with Crippen molar-refractivity contribution in [3.05, 3.63) is 59.7 Å². The molecule has 0 aromatic heterocycles. The monoisotopic (exact) mass is 367 g/mol. The first-order chi connectivity index (χ1) is 12.7. The minimum atomic E-state index is -0.936. The van der Waals surface area contributed by atoms with Gasteiger partial charge >= 0.3 is 12.1 Å². The highest BCUT2D eigenvalue weighted by atomic mass is 16.6. The number of rotatable bonds is 3. The molecule has 1 amide bonds. The molecule has 1 fully saturated rings. The molecule has 1 N–H and O–H groups in total. The van der Waals surface area contributed by atoms with Gasteiger partial charge in [-0.15, -0.1) is 0 Å². The molecule has 1 atom stereocenters. The second kappa shape index (κ2) is 7.43. The smallest absolute Gasteiger partial charge is 0.410 e. The van der Waals surface area contributed by atoms with E-state index in [9.17, 15) is 9.59 Å². The van der Waals surface area contributed by atoms with Crippen molar-refractivity contribution in [1.29, 1.82) is 0 Å². The van der Waals surface area contributed by atoms with E-state index in [0.717, 1.165) is 29.5 Å². The number of hydrogen-bond acceptors (Lipinski definition) is 3. The molecule has 3 rings (SSSR count). The molecule has 2 aromatic carbocycles. The summed E-state index contributed by atoms with van der Waals surface area (Å²) in [4.78, 5) is 25.4. The minimum Gasteiger partial charge on any atom is -0.478 e. The lowest BCUT2D eigenvalue weighted by atomic mass is 9.97. The van der Waals surface area contributed by atoms with Crippen molar-refractivity contribution in [2.24, 2.45) is 0 Å². The number of nitrogens with zero attached hydrogens (tertiary/aromatic N) is 1. The third kappa shape index (κ3) is 4.48. The van der Waals surface area contributed by atoms with E-state index in [0.29, 0.717) is 6.54 Å². The number of amides is 1. The molecule has 5 nitrogen and oxygen atoms in total. The van der Waals surface area contributed by atoms with E-state index in [1.54, 1.807) is 17.0 Å². The normalized spacial score (nSPS) is 17.0. The fourth-order valence-corrected chi connectivity index (χ4v) is 3.38. The summed E-state index contributed by atoms with van der Waals surface area (Å²) in [6.07, 6.45) is 1.57. The van der Waals surface area contributed by atoms with E-state index in [-0.39, 0.29) is 17.7 Å². The van der Waals surface area contributed by atoms with Crippen molar-refractivity contribution in [3.63, 3.8) is 0 Å². The minimum absolute atomic E-state index is 0.00177. The zero-order valence-corrected chi connectivity index (χ0v) is 15.9. The summed E-state index contributed by atoms with van der Waals surface area (Å²) in [7, 11) is 0. The van der Waals surface area contributed by atoms with Gasteiger partial charge in [-0.3, -0.25) is 0 Å². The quantitative estimate of drug-likeness (QED) is 0.817. The Kier molecular flexibility index (Phi) is 5.22. The molecule has 1 saturated heterocycles. The van der Waals surface area contributed by atoms with Crippen LogP contribution in [0.15, 0.2) is 48.5 Å². The van der Waals surface area contributed by atoms with Crippen molar-refractivity contribution in [1.82, 2.24) is 4.90 Å². The van der Waals surface area contributed by atoms with Gasteiger partial charge in [-0.2, -0.15) is 0 Å². The zero-order valence-electron chi connectivity index (χ0n) is 15.9. The average molecular weight is 367 g/mol. The van der Waals surface area contributed by atoms with Gasteiger partial charge in [0.1, 0.15) is 5.60 Å². The van der Waals surface area contributed by atoms with Gasteiger partial charge in [-0.05, 0) is 68.5 Å². The maximum atomic E-state index is 12.5. The number of carboxylic acids is 1. The molecule has 0 bridgehead atoms. The molecule has 1 aliphatic heterocycles. The number of likely N-dealkylation sites (tertiary alicyclic amines) is 1. The zero-order chi connectivity index (χ0) is 19.6. The van der Waals surface area contributed by atoms with E-state index >= 15 is 0 Å². The lowest BCUT2D eigenvalue weighted by Crippen LogP contribution is -2.36. The maximum absolute atomic E-state index is 12.5. The summed E-state index contributed by atoms with van der Waals surface area (Å²) in [5.41, 5.74) is 2.77. The highest BCUT2D eigenvalue weighted by Gasteiger charge is 2.33. The van der Waals surface area contributed by atoms with E-state index in [2.05, 4.69) is 6.07 Å². The Morgan fingerprint density at radius 3 is 2.41 bits per heavy atom. The highest BCUT2D eigenvalue weighted by molar-refractivity contribution is 5.88. The number of carbonyl (C=O) groups excluding carboxylic acids is 1. The van der Waals surface area contributed by atoms with Crippen LogP contribution < -0.4 is 0 Å². The predicted octanol–water partition coefficient (Wildman–Crippen LogP) is 5.12. The van der Waals surface area contributed by atoms with Crippen molar-refractivity contribution < 1.29 is 19.4 Å². The number of ether oxygens (including phenoxy) is 1. The van der Waals surface area contributed by atoms with Crippen molar-refractivity contribution in [3.8, 4) is 11.1 Å². The fourth-order valence-electron chi connectivity index (χ4n) is 3.38. The van der Waals surface area contributed by atoms with Crippen LogP contribution in [0.1, 0.15) is 55.6 Å². The summed E-state index contributed by atoms with van der Waals surface area (Å²) in [6.45, 7) is 6.31. The van der Waals surface area contributed by atoms with Crippen LogP contribution in [0.25, 0.3) is 11.1 Å². The molecule has 0 radical (unpaired) electrons. The third-order valence-corrected chi connectivity index (χ3v) is 4.62. The van der Waals surface area contributed by atoms with Gasteiger partial charge in [0.05, 0.1) is 11.6 Å². The molecule has 1 heterocycles. The van der Waals surface area contributed by atoms with Crippen LogP contribution in [-0.2, 0) is 4.74 Å². The van der Waals surface area contributed by atoms with Gasteiger partial charge in [-0.25, -0.2) is 9.59 Å². The van der Waals surface area contributed by atoms with E-state index in [4.69, 9.17) is 9.84 Å². The molecule has 0 aliphatic carbocycles. The molecule has 27 heavy (non-hydrogen) atoms. The van der Waals surface area contributed by atoms with Crippen molar-refractivity contribution in [2.45, 2.75) is 45.3 Å². The van der Waals surface area contributed by atoms with E-state index in [1.807, 2.05) is 51.1 Å². The van der Waals surface area contributed by atoms with E-state index < -0.39 is 11.6 Å². The number of aromatic carboxylic acids is 1. The molecule has 5 heteroatoms. The standard InChI is InChI=1S/C22H25NO4/c1-22(2,3)27-21(26)23-13-5-8-19(23)18-7-4-6-17(14-18)15-9-11-16(12-10-15)20(24)25/h4,6-7,9-12,14,19H,5,8,13H2,1-3H3,(H,24,25)/t19-/m0/s1. The Labute approximate surface area is 159 Å². The molecule has 0 spiro atoms. The summed E-state index contributed by atoms with van der Waals surface area (Å²) in [6, 6.07) is 14.9. The average Bonchev–Trinajstić information content (AvgIpc) is 3.10. The first kappa shape index (κ1) is 19.0. The third-order valence-electron chi connectivity index (χ3n) is 4.62. The molecule has 0 unspecified atom stereocenters. The molecular weight excluding hydrogens is 342 g/mol. The highest BCUT2D eigenvalue weighted by Crippen LogP contribution is 2.35. The topological polar surface area (TPSA) is 66.8 Å². The Hall–Kier alpha value is -2.82. The van der Waals surface area contributed by atoms with Crippen LogP contribution >= 0.6 is 0 Å². The summed E-state index contributed by atoms with van der Waals surface area (Å²) < 4.78 is 5.56. The lowest BCUT2D eigenvalue weighted by molar-refractivity contribution is 0.0224. The maximum Gasteiger partial charge on any atom is 0.410 e. The Morgan fingerprint density at radius 1 is 1.07 bits per heavy atom. The number of hydrogen-bond donors (Lipinski definition) is 1. The molecule has 2 aromatic rings. The molecular formula is C22H25NO4. The molecule has 0 saturated carbocycles. The van der Waals surface area contributed by atoms with Crippen molar-refractivity contribution in [2.75, 3.05) is 6.54 Å². The Morgan fingerprint density at radius 2 is 1.78 bits per heavy atom. The van der Waals surface area contributed by atoms with Gasteiger partial charge in [0.15, 0.2) is 0 Å². The second-order valence-corrected chi connectivity index (χ2v) is 7.84. The SMILES string of the molecule is CC(C)(C)OC(=O)N1CCC[C@H]1c1cccc(-c2ccc(C(=O)O)cc2)c1. The molecule has 142 valence electrons. The van der Waals surface area contributed by atoms with Crippen LogP contribution in [-0.4, -0.2) is 34.2 Å². The van der Waals surface area contributed by atoms with E-state index in [1.165, 1.54) is 0 Å². The number of benzene rings is 2. The predicted molar refractivity (Wildman–Crippen MR) is 104 cm³/mol. The summed E-state index contributed by atoms with van der Waals surface area (Å²) >= 11 is 0. The van der Waals surface area contributed by atoms with Crippen LogP contribution in [0.3, 0.4) is 0 Å². The lowest BCUT2D eigenvalue weighted by Gasteiger charge is -2.29. The number of carbonyl (C=O) groups is 2. The van der Waals surface area contributed by atoms with Crippen LogP contribution in [0, 0.1) is 0 Å². The van der Waals surface area contributed by atoms with Gasteiger partial charge in [0.25, 0.3) is 0 Å². The Balaban J connectivity index is 1.84. The van der Waals surface area contributed by atoms with Crippen molar-refractivity contribution >= 4 is 12.1 Å². The number of carboxylic acid groups (broad SMARTS) is 1. The van der Waals surface area contributed by atoms with Crippen LogP contribution in [0.2, 0.25) is 0 Å². The summed E-state index contributed by atoms with van der Waals surface area (Å²) in [5, 5.41) is 9.05. The van der Waals surface area contributed by atoms with Gasteiger partial charge in [0, 0.05) is 6.54 Å². The van der Waals surface area contributed by atoms with Crippen LogP contribution in [0.5, 0.6) is 0 Å². The fraction of sp³-hybridized carbons (Fsp3) is 0.364. The first-order valence-electron chi connectivity index (χ1n) is 9.18. The molecule has 1 aliphatic rings. The second-order valence-electron chi connectivity index (χ2n) is 7.84. The van der Waals surface area contributed by atoms with Gasteiger partial charge < -0.3 is 14.7 Å². The Bertz CT molecular complexity index is 836. The van der Waals surface area contributed by atoms with Crippen LogP contribution in [0.4, 0.5) is 4.79 Å². The first-order valence-corrected chi connectivity index (χ1v) is 9.18. The summed E-state index contributed by atoms with van der Waals surface area (Å²) in [5.74, 6) is -0.936. The van der Waals surface area contributed by atoms with Gasteiger partial charge in [-0.1, -0.05) is 30.3 Å². The van der Waals surface area contributed by atoms with Gasteiger partial charge in [0.2, 0.25) is 0 Å². The largest absolute Gasteiger partial charge is 0.478 e.